The molecule has 3 rings (SSSR count). The smallest absolute Gasteiger partial charge is 0.341 e. The Kier molecular flexibility index (Phi) is 5.26. The van der Waals surface area contributed by atoms with Crippen LogP contribution < -0.4 is 14.8 Å². The van der Waals surface area contributed by atoms with Crippen molar-refractivity contribution in [2.75, 3.05) is 20.3 Å². The van der Waals surface area contributed by atoms with Crippen LogP contribution in [0.1, 0.15) is 21.9 Å². The lowest BCUT2D eigenvalue weighted by Crippen LogP contribution is -2.40. The van der Waals surface area contributed by atoms with Gasteiger partial charge in [0, 0.05) is 6.08 Å². The summed E-state index contributed by atoms with van der Waals surface area (Å²) in [4.78, 5) is 23.5. The maximum absolute atomic E-state index is 12.0. The number of ether oxygens (including phenoxy) is 3. The van der Waals surface area contributed by atoms with E-state index in [9.17, 15) is 9.59 Å². The first-order valence-corrected chi connectivity index (χ1v) is 8.10. The Morgan fingerprint density at radius 1 is 1.31 bits per heavy atom. The fourth-order valence-corrected chi connectivity index (χ4v) is 2.49. The normalized spacial score (nSPS) is 15.7. The summed E-state index contributed by atoms with van der Waals surface area (Å²) in [6, 6.07) is 8.92. The minimum atomic E-state index is -0.481. The second-order valence-corrected chi connectivity index (χ2v) is 5.69. The summed E-state index contributed by atoms with van der Waals surface area (Å²) in [6.07, 6.45) is 2.55. The van der Waals surface area contributed by atoms with Crippen LogP contribution in [0.3, 0.4) is 0 Å². The van der Waals surface area contributed by atoms with Gasteiger partial charge in [0.1, 0.15) is 29.8 Å². The van der Waals surface area contributed by atoms with E-state index in [4.69, 9.17) is 13.9 Å². The molecule has 1 aliphatic heterocycles. The van der Waals surface area contributed by atoms with Crippen LogP contribution in [0.5, 0.6) is 11.5 Å². The van der Waals surface area contributed by atoms with Crippen molar-refractivity contribution >= 4 is 18.0 Å². The molecular weight excluding hydrogens is 338 g/mol. The number of carbonyl (C=O) groups is 2. The highest BCUT2D eigenvalue weighted by Gasteiger charge is 2.20. The first kappa shape index (κ1) is 17.6. The van der Waals surface area contributed by atoms with E-state index >= 15 is 0 Å². The van der Waals surface area contributed by atoms with Crippen molar-refractivity contribution in [3.05, 3.63) is 53.5 Å². The number of hydrogen-bond acceptors (Lipinski definition) is 6. The molecule has 2 heterocycles. The van der Waals surface area contributed by atoms with Gasteiger partial charge in [-0.25, -0.2) is 4.79 Å². The van der Waals surface area contributed by atoms with E-state index in [-0.39, 0.29) is 12.0 Å². The van der Waals surface area contributed by atoms with Crippen molar-refractivity contribution in [2.24, 2.45) is 0 Å². The predicted molar refractivity (Wildman–Crippen MR) is 93.2 cm³/mol. The molecule has 1 amide bonds. The van der Waals surface area contributed by atoms with Crippen molar-refractivity contribution in [3.63, 3.8) is 0 Å². The van der Waals surface area contributed by atoms with Crippen LogP contribution >= 0.6 is 0 Å². The van der Waals surface area contributed by atoms with Gasteiger partial charge in [-0.3, -0.25) is 4.79 Å². The molecule has 0 spiro atoms. The van der Waals surface area contributed by atoms with Gasteiger partial charge >= 0.3 is 5.97 Å². The number of carbonyl (C=O) groups excluding carboxylic acids is 2. The van der Waals surface area contributed by atoms with Gasteiger partial charge in [0.15, 0.2) is 11.5 Å². The van der Waals surface area contributed by atoms with Crippen LogP contribution in [-0.4, -0.2) is 38.2 Å². The van der Waals surface area contributed by atoms with Gasteiger partial charge in [-0.15, -0.1) is 0 Å². The van der Waals surface area contributed by atoms with Gasteiger partial charge in [0.25, 0.3) is 0 Å². The van der Waals surface area contributed by atoms with Gasteiger partial charge in [-0.05, 0) is 31.2 Å². The molecule has 1 aromatic carbocycles. The summed E-state index contributed by atoms with van der Waals surface area (Å²) < 4.78 is 21.4. The molecule has 26 heavy (non-hydrogen) atoms. The molecule has 1 N–H and O–H groups in total. The largest absolute Gasteiger partial charge is 0.486 e. The van der Waals surface area contributed by atoms with Crippen molar-refractivity contribution in [2.45, 2.75) is 13.0 Å². The van der Waals surface area contributed by atoms with Crippen molar-refractivity contribution < 1.29 is 28.2 Å². The maximum Gasteiger partial charge on any atom is 0.341 e. The number of esters is 1. The molecule has 0 bridgehead atoms. The summed E-state index contributed by atoms with van der Waals surface area (Å²) in [7, 11) is 1.30. The van der Waals surface area contributed by atoms with E-state index < -0.39 is 5.97 Å². The van der Waals surface area contributed by atoms with E-state index in [2.05, 4.69) is 10.1 Å². The third-order valence-corrected chi connectivity index (χ3v) is 3.81. The summed E-state index contributed by atoms with van der Waals surface area (Å²) in [5, 5.41) is 2.74. The highest BCUT2D eigenvalue weighted by molar-refractivity contribution is 5.93. The molecule has 0 fully saturated rings. The number of fused-ring (bicyclic) bond motifs is 1. The van der Waals surface area contributed by atoms with E-state index in [1.807, 2.05) is 24.3 Å². The molecule has 1 unspecified atom stereocenters. The summed E-state index contributed by atoms with van der Waals surface area (Å²) in [5.74, 6) is 1.40. The van der Waals surface area contributed by atoms with Gasteiger partial charge < -0.3 is 23.9 Å². The molecule has 0 saturated carbocycles. The molecular formula is C19H19NO6. The minimum absolute atomic E-state index is 0.265. The highest BCUT2D eigenvalue weighted by Crippen LogP contribution is 2.30. The van der Waals surface area contributed by atoms with Crippen molar-refractivity contribution in [1.29, 1.82) is 0 Å². The summed E-state index contributed by atoms with van der Waals surface area (Å²) >= 11 is 0. The maximum atomic E-state index is 12.0. The molecule has 0 radical (unpaired) electrons. The minimum Gasteiger partial charge on any atom is -0.486 e. The van der Waals surface area contributed by atoms with E-state index in [0.29, 0.717) is 41.7 Å². The number of benzene rings is 1. The lowest BCUT2D eigenvalue weighted by Gasteiger charge is -2.26. The average Bonchev–Trinajstić information content (AvgIpc) is 3.04. The lowest BCUT2D eigenvalue weighted by molar-refractivity contribution is -0.116. The Morgan fingerprint density at radius 3 is 2.85 bits per heavy atom. The van der Waals surface area contributed by atoms with Gasteiger partial charge in [-0.2, -0.15) is 0 Å². The standard InChI is InChI=1S/C19H19NO6/c1-12-15(19(22)23-2)9-13(25-12)7-8-18(21)20-10-14-11-24-16-5-3-4-6-17(16)26-14/h3-9,14H,10-11H2,1-2H3,(H,20,21). The summed E-state index contributed by atoms with van der Waals surface area (Å²) in [5.41, 5.74) is 0.332. The Hall–Kier alpha value is -3.22. The number of para-hydroxylation sites is 2. The molecule has 7 heteroatoms. The van der Waals surface area contributed by atoms with Crippen LogP contribution in [0.15, 0.2) is 40.8 Å². The first-order valence-electron chi connectivity index (χ1n) is 8.10. The fraction of sp³-hybridized carbons (Fsp3) is 0.263. The third kappa shape index (κ3) is 4.05. The monoisotopic (exact) mass is 357 g/mol. The van der Waals surface area contributed by atoms with Crippen LogP contribution in [0.4, 0.5) is 0 Å². The fourth-order valence-electron chi connectivity index (χ4n) is 2.49. The zero-order valence-electron chi connectivity index (χ0n) is 14.5. The first-order chi connectivity index (χ1) is 12.6. The number of rotatable bonds is 5. The predicted octanol–water partition coefficient (Wildman–Crippen LogP) is 2.34. The topological polar surface area (TPSA) is 87.0 Å². The quantitative estimate of drug-likeness (QED) is 0.653. The highest BCUT2D eigenvalue weighted by atomic mass is 16.6. The molecule has 2 aromatic rings. The van der Waals surface area contributed by atoms with Crippen molar-refractivity contribution in [1.82, 2.24) is 5.32 Å². The molecule has 1 aliphatic rings. The second-order valence-electron chi connectivity index (χ2n) is 5.69. The molecule has 0 saturated heterocycles. The lowest BCUT2D eigenvalue weighted by atomic mass is 10.2. The number of aryl methyl sites for hydroxylation is 1. The number of nitrogens with one attached hydrogen (secondary N) is 1. The van der Waals surface area contributed by atoms with Crippen molar-refractivity contribution in [3.8, 4) is 11.5 Å². The van der Waals surface area contributed by atoms with Gasteiger partial charge in [-0.1, -0.05) is 12.1 Å². The SMILES string of the molecule is COC(=O)c1cc(C=CC(=O)NCC2COc3ccccc3O2)oc1C. The van der Waals surface area contributed by atoms with Gasteiger partial charge in [0.05, 0.1) is 13.7 Å². The van der Waals surface area contributed by atoms with Crippen LogP contribution in [0.2, 0.25) is 0 Å². The van der Waals surface area contributed by atoms with Crippen LogP contribution in [-0.2, 0) is 9.53 Å². The molecule has 1 aromatic heterocycles. The number of amides is 1. The number of furan rings is 1. The second kappa shape index (κ2) is 7.77. The zero-order chi connectivity index (χ0) is 18.5. The van der Waals surface area contributed by atoms with E-state index in [1.54, 1.807) is 6.92 Å². The summed E-state index contributed by atoms with van der Waals surface area (Å²) in [6.45, 7) is 2.32. The Labute approximate surface area is 150 Å². The third-order valence-electron chi connectivity index (χ3n) is 3.81. The Bertz CT molecular complexity index is 838. The molecule has 0 aliphatic carbocycles. The molecule has 7 nitrogen and oxygen atoms in total. The number of methoxy groups -OCH3 is 1. The Morgan fingerprint density at radius 2 is 2.08 bits per heavy atom. The molecule has 1 atom stereocenters. The van der Waals surface area contributed by atoms with E-state index in [1.165, 1.54) is 25.3 Å². The van der Waals surface area contributed by atoms with Crippen LogP contribution in [0.25, 0.3) is 6.08 Å². The molecule has 136 valence electrons. The average molecular weight is 357 g/mol. The van der Waals surface area contributed by atoms with Gasteiger partial charge in [0.2, 0.25) is 5.91 Å². The van der Waals surface area contributed by atoms with E-state index in [0.717, 1.165) is 0 Å². The number of hydrogen-bond donors (Lipinski definition) is 1. The zero-order valence-corrected chi connectivity index (χ0v) is 14.5. The Balaban J connectivity index is 1.52. The van der Waals surface area contributed by atoms with Crippen LogP contribution in [0, 0.1) is 6.92 Å².